The van der Waals surface area contributed by atoms with Crippen LogP contribution in [0.25, 0.3) is 0 Å². The summed E-state index contributed by atoms with van der Waals surface area (Å²) in [6.07, 6.45) is -3.54. The number of anilines is 2. The van der Waals surface area contributed by atoms with E-state index in [4.69, 9.17) is 14.2 Å². The number of halogens is 3. The number of nitrogens with one attached hydrogen (secondary N) is 2. The lowest BCUT2D eigenvalue weighted by Crippen LogP contribution is -2.14. The van der Waals surface area contributed by atoms with Crippen molar-refractivity contribution in [1.29, 1.82) is 0 Å². The van der Waals surface area contributed by atoms with E-state index in [9.17, 15) is 26.4 Å². The molecule has 0 unspecified atom stereocenters. The van der Waals surface area contributed by atoms with Crippen molar-refractivity contribution >= 4 is 27.3 Å². The number of hydrogen-bond donors (Lipinski definition) is 2. The highest BCUT2D eigenvalue weighted by atomic mass is 32.2. The molecule has 3 rings (SSSR count). The van der Waals surface area contributed by atoms with Crippen LogP contribution in [-0.4, -0.2) is 34.8 Å². The van der Waals surface area contributed by atoms with Crippen LogP contribution in [0.4, 0.5) is 24.5 Å². The van der Waals surface area contributed by atoms with Gasteiger partial charge in [-0.25, -0.2) is 8.42 Å². The average Bonchev–Trinajstić information content (AvgIpc) is 2.82. The summed E-state index contributed by atoms with van der Waals surface area (Å²) in [6, 6.07) is 13.0. The first-order valence-electron chi connectivity index (χ1n) is 10.3. The maximum atomic E-state index is 12.8. The Bertz CT molecular complexity index is 1340. The van der Waals surface area contributed by atoms with Crippen molar-refractivity contribution in [2.24, 2.45) is 0 Å². The number of methoxy groups -OCH3 is 2. The summed E-state index contributed by atoms with van der Waals surface area (Å²) in [5.41, 5.74) is 0.0867. The van der Waals surface area contributed by atoms with Gasteiger partial charge in [-0.15, -0.1) is 0 Å². The standard InChI is InChI=1S/C24H23F3N2O6S/c1-33-19-9-11-21(34-2)16(12-19)14-35-22-13-18(8-10-20(22)29-36(3,31)32)28-23(30)15-4-6-17(7-5-15)24(25,26)27/h4-13,29H,14H2,1-3H3,(H,28,30). The molecule has 0 spiro atoms. The van der Waals surface area contributed by atoms with Crippen molar-refractivity contribution in [2.45, 2.75) is 12.8 Å². The van der Waals surface area contributed by atoms with E-state index in [1.807, 2.05) is 0 Å². The summed E-state index contributed by atoms with van der Waals surface area (Å²) in [5, 5.41) is 2.56. The van der Waals surface area contributed by atoms with Gasteiger partial charge in [-0.3, -0.25) is 9.52 Å². The molecule has 0 fully saturated rings. The molecule has 0 aliphatic heterocycles. The summed E-state index contributed by atoms with van der Waals surface area (Å²) < 4.78 is 80.7. The largest absolute Gasteiger partial charge is 0.497 e. The number of ether oxygens (including phenoxy) is 3. The highest BCUT2D eigenvalue weighted by molar-refractivity contribution is 7.92. The third-order valence-electron chi connectivity index (χ3n) is 4.88. The van der Waals surface area contributed by atoms with Crippen LogP contribution in [0.15, 0.2) is 60.7 Å². The minimum atomic E-state index is -4.52. The number of sulfonamides is 1. The van der Waals surface area contributed by atoms with Gasteiger partial charge in [0.1, 0.15) is 23.9 Å². The zero-order valence-electron chi connectivity index (χ0n) is 19.5. The molecule has 0 saturated carbocycles. The predicted octanol–water partition coefficient (Wildman–Crippen LogP) is 4.93. The number of benzene rings is 3. The summed E-state index contributed by atoms with van der Waals surface area (Å²) in [5.74, 6) is 0.505. The van der Waals surface area contributed by atoms with Gasteiger partial charge in [0.2, 0.25) is 10.0 Å². The lowest BCUT2D eigenvalue weighted by molar-refractivity contribution is -0.137. The second-order valence-corrected chi connectivity index (χ2v) is 9.33. The van der Waals surface area contributed by atoms with Crippen LogP contribution >= 0.6 is 0 Å². The average molecular weight is 525 g/mol. The Kier molecular flexibility index (Phi) is 7.98. The van der Waals surface area contributed by atoms with Gasteiger partial charge in [-0.2, -0.15) is 13.2 Å². The minimum absolute atomic E-state index is 0.00456. The third-order valence-corrected chi connectivity index (χ3v) is 5.47. The Labute approximate surface area is 206 Å². The van der Waals surface area contributed by atoms with E-state index >= 15 is 0 Å². The number of hydrogen-bond acceptors (Lipinski definition) is 6. The van der Waals surface area contributed by atoms with E-state index in [0.717, 1.165) is 30.5 Å². The molecule has 12 heteroatoms. The molecule has 3 aromatic rings. The van der Waals surface area contributed by atoms with E-state index in [2.05, 4.69) is 10.0 Å². The Balaban J connectivity index is 1.86. The molecule has 0 radical (unpaired) electrons. The molecular weight excluding hydrogens is 501 g/mol. The van der Waals surface area contributed by atoms with Gasteiger partial charge in [0.05, 0.1) is 31.7 Å². The molecule has 8 nitrogen and oxygen atoms in total. The number of carbonyl (C=O) groups is 1. The number of amides is 1. The van der Waals surface area contributed by atoms with Crippen molar-refractivity contribution in [3.63, 3.8) is 0 Å². The van der Waals surface area contributed by atoms with Gasteiger partial charge < -0.3 is 19.5 Å². The first-order valence-corrected chi connectivity index (χ1v) is 12.2. The quantitative estimate of drug-likeness (QED) is 0.412. The molecule has 0 aliphatic rings. The first kappa shape index (κ1) is 26.7. The lowest BCUT2D eigenvalue weighted by Gasteiger charge is -2.16. The summed E-state index contributed by atoms with van der Waals surface area (Å²) in [7, 11) is -0.666. The molecule has 0 saturated heterocycles. The maximum absolute atomic E-state index is 12.8. The highest BCUT2D eigenvalue weighted by Gasteiger charge is 2.30. The first-order chi connectivity index (χ1) is 16.9. The Morgan fingerprint density at radius 1 is 0.917 bits per heavy atom. The zero-order chi connectivity index (χ0) is 26.5. The fourth-order valence-corrected chi connectivity index (χ4v) is 3.74. The Hall–Kier alpha value is -3.93. The summed E-state index contributed by atoms with van der Waals surface area (Å²) in [6.45, 7) is -0.0326. The van der Waals surface area contributed by atoms with Gasteiger partial charge in [0.25, 0.3) is 5.91 Å². The van der Waals surface area contributed by atoms with Crippen LogP contribution in [0.3, 0.4) is 0 Å². The van der Waals surface area contributed by atoms with Crippen LogP contribution in [-0.2, 0) is 22.8 Å². The van der Waals surface area contributed by atoms with E-state index in [1.54, 1.807) is 18.2 Å². The zero-order valence-corrected chi connectivity index (χ0v) is 20.3. The second kappa shape index (κ2) is 10.8. The highest BCUT2D eigenvalue weighted by Crippen LogP contribution is 2.32. The molecule has 192 valence electrons. The smallest absolute Gasteiger partial charge is 0.416 e. The topological polar surface area (TPSA) is 103 Å². The van der Waals surface area contributed by atoms with Crippen molar-refractivity contribution in [1.82, 2.24) is 0 Å². The molecule has 36 heavy (non-hydrogen) atoms. The van der Waals surface area contributed by atoms with Gasteiger partial charge >= 0.3 is 6.18 Å². The van der Waals surface area contributed by atoms with Crippen LogP contribution in [0, 0.1) is 0 Å². The fraction of sp³-hybridized carbons (Fsp3) is 0.208. The number of rotatable bonds is 9. The van der Waals surface area contributed by atoms with E-state index < -0.39 is 27.7 Å². The maximum Gasteiger partial charge on any atom is 0.416 e. The molecule has 3 aromatic carbocycles. The molecule has 2 N–H and O–H groups in total. The molecule has 0 bridgehead atoms. The van der Waals surface area contributed by atoms with E-state index in [0.29, 0.717) is 17.1 Å². The molecule has 1 amide bonds. The normalized spacial score (nSPS) is 11.5. The molecular formula is C24H23F3N2O6S. The van der Waals surface area contributed by atoms with Crippen molar-refractivity contribution in [3.8, 4) is 17.2 Å². The lowest BCUT2D eigenvalue weighted by atomic mass is 10.1. The van der Waals surface area contributed by atoms with Crippen LogP contribution < -0.4 is 24.2 Å². The van der Waals surface area contributed by atoms with Crippen LogP contribution in [0.2, 0.25) is 0 Å². The minimum Gasteiger partial charge on any atom is -0.497 e. The SMILES string of the molecule is COc1ccc(OC)c(COc2cc(NC(=O)c3ccc(C(F)(F)F)cc3)ccc2NS(C)(=O)=O)c1. The molecule has 0 heterocycles. The van der Waals surface area contributed by atoms with Gasteiger partial charge in [-0.05, 0) is 54.6 Å². The molecule has 0 atom stereocenters. The Morgan fingerprint density at radius 2 is 1.61 bits per heavy atom. The summed E-state index contributed by atoms with van der Waals surface area (Å²) >= 11 is 0. The molecule has 0 aliphatic carbocycles. The van der Waals surface area contributed by atoms with Crippen molar-refractivity contribution < 1.29 is 40.6 Å². The number of carbonyl (C=O) groups excluding carboxylic acids is 1. The van der Waals surface area contributed by atoms with E-state index in [-0.39, 0.29) is 29.3 Å². The van der Waals surface area contributed by atoms with Crippen molar-refractivity contribution in [2.75, 3.05) is 30.5 Å². The van der Waals surface area contributed by atoms with Crippen molar-refractivity contribution in [3.05, 3.63) is 77.4 Å². The van der Waals surface area contributed by atoms with Gasteiger partial charge in [0.15, 0.2) is 0 Å². The third kappa shape index (κ3) is 7.04. The van der Waals surface area contributed by atoms with Crippen LogP contribution in [0.5, 0.6) is 17.2 Å². The number of alkyl halides is 3. The fourth-order valence-electron chi connectivity index (χ4n) is 3.17. The van der Waals surface area contributed by atoms with Crippen LogP contribution in [0.1, 0.15) is 21.5 Å². The van der Waals surface area contributed by atoms with E-state index in [1.165, 1.54) is 32.4 Å². The predicted molar refractivity (Wildman–Crippen MR) is 128 cm³/mol. The Morgan fingerprint density at radius 3 is 2.19 bits per heavy atom. The van der Waals surface area contributed by atoms with Gasteiger partial charge in [-0.1, -0.05) is 0 Å². The summed E-state index contributed by atoms with van der Waals surface area (Å²) in [4.78, 5) is 12.6. The van der Waals surface area contributed by atoms with Gasteiger partial charge in [0, 0.05) is 22.9 Å². The molecule has 0 aromatic heterocycles. The monoisotopic (exact) mass is 524 g/mol. The second-order valence-electron chi connectivity index (χ2n) is 7.58.